The van der Waals surface area contributed by atoms with E-state index in [1.165, 1.54) is 0 Å². The summed E-state index contributed by atoms with van der Waals surface area (Å²) in [6, 6.07) is 6.30. The highest BCUT2D eigenvalue weighted by atomic mass is 16.5. The van der Waals surface area contributed by atoms with Crippen LogP contribution in [-0.4, -0.2) is 32.0 Å². The zero-order valence-corrected chi connectivity index (χ0v) is 11.6. The van der Waals surface area contributed by atoms with Crippen molar-refractivity contribution in [3.63, 3.8) is 0 Å². The molecule has 0 aliphatic carbocycles. The van der Waals surface area contributed by atoms with Gasteiger partial charge in [-0.1, -0.05) is 6.07 Å². The van der Waals surface area contributed by atoms with Crippen LogP contribution >= 0.6 is 0 Å². The molecule has 1 unspecified atom stereocenters. The third kappa shape index (κ3) is 3.98. The summed E-state index contributed by atoms with van der Waals surface area (Å²) < 4.78 is 10.5. The van der Waals surface area contributed by atoms with Crippen LogP contribution in [0.25, 0.3) is 0 Å². The normalized spacial score (nSPS) is 14.3. The maximum atomic E-state index is 9.05. The van der Waals surface area contributed by atoms with Crippen LogP contribution in [-0.2, 0) is 11.3 Å². The number of aliphatic hydroxyl groups is 1. The number of ether oxygens (including phenoxy) is 2. The molecular weight excluding hydrogens is 230 g/mol. The van der Waals surface area contributed by atoms with E-state index >= 15 is 0 Å². The van der Waals surface area contributed by atoms with Gasteiger partial charge in [0.25, 0.3) is 0 Å². The molecule has 1 rings (SSSR count). The summed E-state index contributed by atoms with van der Waals surface area (Å²) in [5, 5.41) is 12.4. The molecule has 0 radical (unpaired) electrons. The molecule has 0 fully saturated rings. The molecule has 0 aliphatic rings. The van der Waals surface area contributed by atoms with Gasteiger partial charge in [-0.2, -0.15) is 0 Å². The summed E-state index contributed by atoms with van der Waals surface area (Å²) in [6.45, 7) is 4.69. The summed E-state index contributed by atoms with van der Waals surface area (Å²) in [6.07, 6.45) is 0. The first-order valence-corrected chi connectivity index (χ1v) is 6.15. The van der Waals surface area contributed by atoms with Crippen LogP contribution in [0.2, 0.25) is 0 Å². The summed E-state index contributed by atoms with van der Waals surface area (Å²) in [7, 11) is 3.32. The van der Waals surface area contributed by atoms with Crippen molar-refractivity contribution < 1.29 is 14.6 Å². The van der Waals surface area contributed by atoms with E-state index in [9.17, 15) is 0 Å². The SMILES string of the molecule is COCc1cc(C(C)N[C@H](C)CO)ccc1OC. The maximum absolute atomic E-state index is 9.05. The number of aliphatic hydroxyl groups excluding tert-OH is 1. The predicted octanol–water partition coefficient (Wildman–Crippen LogP) is 1.87. The van der Waals surface area contributed by atoms with Crippen molar-refractivity contribution in [2.75, 3.05) is 20.8 Å². The lowest BCUT2D eigenvalue weighted by Crippen LogP contribution is -2.31. The lowest BCUT2D eigenvalue weighted by atomic mass is 10.0. The molecule has 2 atom stereocenters. The molecule has 0 bridgehead atoms. The second-order valence-electron chi connectivity index (χ2n) is 4.48. The Morgan fingerprint density at radius 2 is 2.00 bits per heavy atom. The monoisotopic (exact) mass is 253 g/mol. The molecular formula is C14H23NO3. The van der Waals surface area contributed by atoms with Crippen LogP contribution in [0.3, 0.4) is 0 Å². The molecule has 4 nitrogen and oxygen atoms in total. The summed E-state index contributed by atoms with van der Waals surface area (Å²) in [5.41, 5.74) is 2.19. The molecule has 0 spiro atoms. The van der Waals surface area contributed by atoms with Gasteiger partial charge >= 0.3 is 0 Å². The van der Waals surface area contributed by atoms with E-state index in [-0.39, 0.29) is 18.7 Å². The first kappa shape index (κ1) is 15.0. The molecule has 102 valence electrons. The smallest absolute Gasteiger partial charge is 0.124 e. The van der Waals surface area contributed by atoms with E-state index in [0.29, 0.717) is 6.61 Å². The number of methoxy groups -OCH3 is 2. The molecule has 0 saturated heterocycles. The first-order valence-electron chi connectivity index (χ1n) is 6.15. The van der Waals surface area contributed by atoms with Gasteiger partial charge in [-0.3, -0.25) is 0 Å². The summed E-state index contributed by atoms with van der Waals surface area (Å²) in [4.78, 5) is 0. The summed E-state index contributed by atoms with van der Waals surface area (Å²) >= 11 is 0. The van der Waals surface area contributed by atoms with Gasteiger partial charge in [-0.15, -0.1) is 0 Å². The van der Waals surface area contributed by atoms with Crippen molar-refractivity contribution in [2.24, 2.45) is 0 Å². The van der Waals surface area contributed by atoms with Gasteiger partial charge in [-0.25, -0.2) is 0 Å². The zero-order valence-electron chi connectivity index (χ0n) is 11.6. The Morgan fingerprint density at radius 3 is 2.56 bits per heavy atom. The molecule has 0 amide bonds. The largest absolute Gasteiger partial charge is 0.496 e. The topological polar surface area (TPSA) is 50.7 Å². The fourth-order valence-electron chi connectivity index (χ4n) is 1.91. The molecule has 0 aromatic heterocycles. The number of benzene rings is 1. The minimum Gasteiger partial charge on any atom is -0.496 e. The Balaban J connectivity index is 2.86. The van der Waals surface area contributed by atoms with Crippen LogP contribution in [0.15, 0.2) is 18.2 Å². The maximum Gasteiger partial charge on any atom is 0.124 e. The first-order chi connectivity index (χ1) is 8.62. The van der Waals surface area contributed by atoms with Gasteiger partial charge in [0.1, 0.15) is 5.75 Å². The van der Waals surface area contributed by atoms with Gasteiger partial charge < -0.3 is 19.9 Å². The third-order valence-corrected chi connectivity index (χ3v) is 2.91. The predicted molar refractivity (Wildman–Crippen MR) is 71.8 cm³/mol. The van der Waals surface area contributed by atoms with Gasteiger partial charge in [0, 0.05) is 24.8 Å². The average molecular weight is 253 g/mol. The molecule has 1 aromatic rings. The second-order valence-corrected chi connectivity index (χ2v) is 4.48. The average Bonchev–Trinajstić information content (AvgIpc) is 2.38. The number of nitrogens with one attached hydrogen (secondary N) is 1. The lowest BCUT2D eigenvalue weighted by Gasteiger charge is -2.20. The van der Waals surface area contributed by atoms with Crippen LogP contribution < -0.4 is 10.1 Å². The van der Waals surface area contributed by atoms with Crippen LogP contribution in [0.5, 0.6) is 5.75 Å². The van der Waals surface area contributed by atoms with Crippen LogP contribution in [0.4, 0.5) is 0 Å². The summed E-state index contributed by atoms with van der Waals surface area (Å²) in [5.74, 6) is 0.836. The van der Waals surface area contributed by atoms with Crippen LogP contribution in [0.1, 0.15) is 31.0 Å². The van der Waals surface area contributed by atoms with Crippen molar-refractivity contribution in [1.82, 2.24) is 5.32 Å². The Bertz CT molecular complexity index is 368. The quantitative estimate of drug-likeness (QED) is 0.779. The van der Waals surface area contributed by atoms with E-state index in [1.54, 1.807) is 14.2 Å². The van der Waals surface area contributed by atoms with E-state index < -0.39 is 0 Å². The Labute approximate surface area is 109 Å². The van der Waals surface area contributed by atoms with E-state index in [2.05, 4.69) is 18.3 Å². The van der Waals surface area contributed by atoms with E-state index in [0.717, 1.165) is 16.9 Å². The second kappa shape index (κ2) is 7.36. The van der Waals surface area contributed by atoms with Gasteiger partial charge in [0.05, 0.1) is 20.3 Å². The highest BCUT2D eigenvalue weighted by Gasteiger charge is 2.11. The molecule has 4 heteroatoms. The van der Waals surface area contributed by atoms with Crippen molar-refractivity contribution >= 4 is 0 Å². The fraction of sp³-hybridized carbons (Fsp3) is 0.571. The fourth-order valence-corrected chi connectivity index (χ4v) is 1.91. The number of rotatable bonds is 7. The van der Waals surface area contributed by atoms with Gasteiger partial charge in [0.15, 0.2) is 0 Å². The minimum absolute atomic E-state index is 0.0768. The lowest BCUT2D eigenvalue weighted by molar-refractivity contribution is 0.181. The third-order valence-electron chi connectivity index (χ3n) is 2.91. The Kier molecular flexibility index (Phi) is 6.12. The molecule has 0 saturated carbocycles. The molecule has 1 aromatic carbocycles. The van der Waals surface area contributed by atoms with E-state index in [4.69, 9.17) is 14.6 Å². The Hall–Kier alpha value is -1.10. The van der Waals surface area contributed by atoms with Crippen molar-refractivity contribution in [3.8, 4) is 5.75 Å². The molecule has 0 heterocycles. The van der Waals surface area contributed by atoms with Gasteiger partial charge in [-0.05, 0) is 31.5 Å². The number of hydrogen-bond acceptors (Lipinski definition) is 4. The minimum atomic E-state index is 0.0768. The van der Waals surface area contributed by atoms with Crippen molar-refractivity contribution in [3.05, 3.63) is 29.3 Å². The molecule has 2 N–H and O–H groups in total. The Morgan fingerprint density at radius 1 is 1.28 bits per heavy atom. The highest BCUT2D eigenvalue weighted by Crippen LogP contribution is 2.24. The standard InChI is InChI=1S/C14H23NO3/c1-10(8-16)15-11(2)12-5-6-14(18-4)13(7-12)9-17-3/h5-7,10-11,15-16H,8-9H2,1-4H3/t10-,11?/m1/s1. The van der Waals surface area contributed by atoms with Crippen LogP contribution in [0, 0.1) is 0 Å². The highest BCUT2D eigenvalue weighted by molar-refractivity contribution is 5.38. The van der Waals surface area contributed by atoms with E-state index in [1.807, 2.05) is 19.1 Å². The number of hydrogen-bond donors (Lipinski definition) is 2. The van der Waals surface area contributed by atoms with Crippen molar-refractivity contribution in [1.29, 1.82) is 0 Å². The van der Waals surface area contributed by atoms with Gasteiger partial charge in [0.2, 0.25) is 0 Å². The molecule has 18 heavy (non-hydrogen) atoms. The zero-order chi connectivity index (χ0) is 13.5. The molecule has 0 aliphatic heterocycles. The van der Waals surface area contributed by atoms with Crippen molar-refractivity contribution in [2.45, 2.75) is 32.5 Å².